The van der Waals surface area contributed by atoms with E-state index >= 15 is 0 Å². The predicted molar refractivity (Wildman–Crippen MR) is 90.2 cm³/mol. The van der Waals surface area contributed by atoms with Gasteiger partial charge in [0.05, 0.1) is 0 Å². The van der Waals surface area contributed by atoms with Crippen LogP contribution in [0.1, 0.15) is 11.1 Å². The van der Waals surface area contributed by atoms with Crippen LogP contribution in [0.3, 0.4) is 0 Å². The third-order valence-electron chi connectivity index (χ3n) is 3.12. The zero-order chi connectivity index (χ0) is 19.1. The van der Waals surface area contributed by atoms with Crippen molar-refractivity contribution < 1.29 is 30.7 Å². The molecule has 0 amide bonds. The zero-order valence-electron chi connectivity index (χ0n) is 13.2. The molecule has 0 aliphatic heterocycles. The van der Waals surface area contributed by atoms with Crippen LogP contribution in [0.2, 0.25) is 0 Å². The van der Waals surface area contributed by atoms with Crippen molar-refractivity contribution in [2.75, 3.05) is 5.75 Å². The molecule has 2 aromatic rings. The van der Waals surface area contributed by atoms with E-state index in [2.05, 4.69) is 31.2 Å². The number of hydrogen-bond donors (Lipinski definition) is 1. The number of rotatable bonds is 4. The molecule has 0 spiro atoms. The molecule has 0 aliphatic carbocycles. The van der Waals surface area contributed by atoms with Gasteiger partial charge in [-0.25, -0.2) is 8.42 Å². The number of hydrogen-bond acceptors (Lipinski definition) is 4. The molecule has 0 saturated heterocycles. The summed E-state index contributed by atoms with van der Waals surface area (Å²) in [5, 5.41) is 0. The fourth-order valence-electron chi connectivity index (χ4n) is 1.79. The smallest absolute Gasteiger partial charge is 0.485 e. The maximum absolute atomic E-state index is 10.7. The number of alkyl halides is 3. The summed E-state index contributed by atoms with van der Waals surface area (Å²) in [7, 11) is -6.09. The van der Waals surface area contributed by atoms with Crippen LogP contribution in [0.25, 0.3) is 0 Å². The van der Waals surface area contributed by atoms with Crippen LogP contribution in [0.5, 0.6) is 0 Å². The topological polar surface area (TPSA) is 77.4 Å². The van der Waals surface area contributed by atoms with Gasteiger partial charge in [0.2, 0.25) is 0 Å². The third kappa shape index (κ3) is 7.47. The fraction of sp³-hybridized carbons (Fsp3) is 0.250. The van der Waals surface area contributed by atoms with Crippen molar-refractivity contribution in [3.63, 3.8) is 0 Å². The molecule has 2 rings (SSSR count). The zero-order valence-corrected chi connectivity index (χ0v) is 14.9. The van der Waals surface area contributed by atoms with Gasteiger partial charge in [-0.2, -0.15) is 17.7 Å². The van der Waals surface area contributed by atoms with Crippen molar-refractivity contribution in [1.29, 1.82) is 0 Å². The maximum atomic E-state index is 10.7. The van der Waals surface area contributed by atoms with Crippen LogP contribution < -0.4 is 0 Å². The van der Waals surface area contributed by atoms with E-state index in [0.29, 0.717) is 0 Å². The SMILES string of the molecule is Cc1ccccc1CC[S+](O)c1ccccc1.O=S(=O)([O-])C(F)(F)F. The molecule has 9 heteroatoms. The Labute approximate surface area is 147 Å². The van der Waals surface area contributed by atoms with Crippen molar-refractivity contribution >= 4 is 21.3 Å². The van der Waals surface area contributed by atoms with Crippen molar-refractivity contribution in [2.24, 2.45) is 0 Å². The number of halogens is 3. The molecule has 0 radical (unpaired) electrons. The summed E-state index contributed by atoms with van der Waals surface area (Å²) in [6, 6.07) is 18.3. The molecule has 0 aliphatic rings. The molecule has 25 heavy (non-hydrogen) atoms. The molecule has 138 valence electrons. The molecule has 1 atom stereocenters. The fourth-order valence-corrected chi connectivity index (χ4v) is 2.91. The lowest BCUT2D eigenvalue weighted by atomic mass is 10.1. The van der Waals surface area contributed by atoms with Gasteiger partial charge in [0, 0.05) is 6.42 Å². The van der Waals surface area contributed by atoms with E-state index in [1.54, 1.807) is 0 Å². The monoisotopic (exact) mass is 394 g/mol. The highest BCUT2D eigenvalue weighted by Gasteiger charge is 2.36. The molecule has 0 bridgehead atoms. The van der Waals surface area contributed by atoms with E-state index in [1.807, 2.05) is 30.3 Å². The summed E-state index contributed by atoms with van der Waals surface area (Å²) in [5.74, 6) is 0.800. The van der Waals surface area contributed by atoms with E-state index in [9.17, 15) is 17.7 Å². The van der Waals surface area contributed by atoms with Crippen LogP contribution in [0.15, 0.2) is 59.5 Å². The van der Waals surface area contributed by atoms with Crippen LogP contribution in [-0.2, 0) is 27.7 Å². The van der Waals surface area contributed by atoms with Crippen LogP contribution in [-0.4, -0.2) is 28.8 Å². The number of benzene rings is 2. The van der Waals surface area contributed by atoms with Gasteiger partial charge < -0.3 is 4.55 Å². The van der Waals surface area contributed by atoms with Crippen LogP contribution in [0, 0.1) is 6.92 Å². The van der Waals surface area contributed by atoms with E-state index in [4.69, 9.17) is 13.0 Å². The van der Waals surface area contributed by atoms with Crippen LogP contribution >= 0.6 is 0 Å². The Bertz CT molecular complexity index is 762. The molecule has 1 N–H and O–H groups in total. The first-order valence-electron chi connectivity index (χ1n) is 7.04. The third-order valence-corrected chi connectivity index (χ3v) is 5.10. The average molecular weight is 394 g/mol. The Kier molecular flexibility index (Phi) is 7.94. The Hall–Kier alpha value is -1.55. The summed E-state index contributed by atoms with van der Waals surface area (Å²) < 4.78 is 69.0. The Morgan fingerprint density at radius 1 is 1.04 bits per heavy atom. The maximum Gasteiger partial charge on any atom is 0.485 e. The van der Waals surface area contributed by atoms with Gasteiger partial charge in [0.15, 0.2) is 31.9 Å². The summed E-state index contributed by atoms with van der Waals surface area (Å²) in [4.78, 5) is 1.03. The first-order valence-corrected chi connectivity index (χ1v) is 9.80. The Balaban J connectivity index is 0.000000333. The lowest BCUT2D eigenvalue weighted by Gasteiger charge is -2.08. The van der Waals surface area contributed by atoms with Gasteiger partial charge >= 0.3 is 5.51 Å². The first kappa shape index (κ1) is 21.5. The Morgan fingerprint density at radius 3 is 2.00 bits per heavy atom. The van der Waals surface area contributed by atoms with Gasteiger partial charge in [-0.05, 0) is 30.2 Å². The second-order valence-corrected chi connectivity index (χ2v) is 7.94. The summed E-state index contributed by atoms with van der Waals surface area (Å²) >= 11 is -0.642. The minimum Gasteiger partial charge on any atom is -0.741 e. The minimum absolute atomic E-state index is 0.642. The van der Waals surface area contributed by atoms with E-state index < -0.39 is 26.8 Å². The standard InChI is InChI=1S/C15H17OS.CHF3O3S/c1-13-7-5-6-8-14(13)11-12-17(16)15-9-3-2-4-10-15;2-1(3,4)8(5,6)7/h2-10,16H,11-12H2,1H3;(H,5,6,7)/q+1;/p-1. The van der Waals surface area contributed by atoms with E-state index in [1.165, 1.54) is 11.1 Å². The van der Waals surface area contributed by atoms with Gasteiger partial charge in [-0.1, -0.05) is 42.5 Å². The van der Waals surface area contributed by atoms with Crippen LogP contribution in [0.4, 0.5) is 13.2 Å². The van der Waals surface area contributed by atoms with Crippen molar-refractivity contribution in [2.45, 2.75) is 23.7 Å². The molecular formula is C16H17F3O4S2. The Morgan fingerprint density at radius 2 is 1.52 bits per heavy atom. The first-order chi connectivity index (χ1) is 11.5. The largest absolute Gasteiger partial charge is 0.741 e. The quantitative estimate of drug-likeness (QED) is 0.487. The molecule has 0 heterocycles. The van der Waals surface area contributed by atoms with Gasteiger partial charge in [-0.3, -0.25) is 0 Å². The minimum atomic E-state index is -6.09. The molecule has 1 unspecified atom stereocenters. The van der Waals surface area contributed by atoms with Gasteiger partial charge in [-0.15, -0.1) is 0 Å². The lowest BCUT2D eigenvalue weighted by Crippen LogP contribution is -2.21. The van der Waals surface area contributed by atoms with Crippen molar-refractivity contribution in [3.05, 3.63) is 65.7 Å². The predicted octanol–water partition coefficient (Wildman–Crippen LogP) is 3.74. The molecule has 0 saturated carbocycles. The van der Waals surface area contributed by atoms with Crippen molar-refractivity contribution in [3.8, 4) is 0 Å². The second-order valence-electron chi connectivity index (χ2n) is 4.96. The van der Waals surface area contributed by atoms with Crippen molar-refractivity contribution in [1.82, 2.24) is 0 Å². The highest BCUT2D eigenvalue weighted by Crippen LogP contribution is 2.20. The van der Waals surface area contributed by atoms with Gasteiger partial charge in [0.1, 0.15) is 0 Å². The lowest BCUT2D eigenvalue weighted by molar-refractivity contribution is -0.0517. The summed E-state index contributed by atoms with van der Waals surface area (Å²) in [6.45, 7) is 2.12. The highest BCUT2D eigenvalue weighted by atomic mass is 32.2. The second kappa shape index (κ2) is 9.23. The molecule has 0 aromatic heterocycles. The molecular weight excluding hydrogens is 377 g/mol. The summed E-state index contributed by atoms with van der Waals surface area (Å²) in [6.07, 6.45) is 0.932. The summed E-state index contributed by atoms with van der Waals surface area (Å²) in [5.41, 5.74) is -3.01. The highest BCUT2D eigenvalue weighted by molar-refractivity contribution is 7.91. The normalized spacial score (nSPS) is 12.9. The average Bonchev–Trinajstić information content (AvgIpc) is 2.53. The number of aryl methyl sites for hydroxylation is 2. The molecule has 4 nitrogen and oxygen atoms in total. The molecule has 0 fully saturated rings. The molecule has 2 aromatic carbocycles. The van der Waals surface area contributed by atoms with E-state index in [0.717, 1.165) is 17.1 Å². The van der Waals surface area contributed by atoms with E-state index in [-0.39, 0.29) is 0 Å². The van der Waals surface area contributed by atoms with Gasteiger partial charge in [0.25, 0.3) is 0 Å².